The summed E-state index contributed by atoms with van der Waals surface area (Å²) in [5.41, 5.74) is 0. The van der Waals surface area contributed by atoms with Gasteiger partial charge >= 0.3 is 25.7 Å². The minimum absolute atomic E-state index is 0.147. The molecule has 0 fully saturated rings. The predicted octanol–water partition coefficient (Wildman–Crippen LogP) is 16.4. The van der Waals surface area contributed by atoms with Crippen LogP contribution in [0.4, 0.5) is 0 Å². The van der Waals surface area contributed by atoms with Crippen molar-refractivity contribution in [1.82, 2.24) is 0 Å². The Morgan fingerprint density at radius 1 is 0.400 bits per heavy atom. The standard InChI is InChI=1S/C58H103O11P/c1-4-7-10-13-16-19-22-25-27-30-32-35-38-41-44-47-56(60)65-51-55(69-58(62)49-46-43-40-37-34-31-28-26-23-20-17-14-11-8-5-2)53-67-70(63,64)66-52-54(50-59)68-57(61)48-45-42-39-36-33-29-24-21-18-15-12-9-6-3/h16-17,19-21,24-28,54-55,59H,4-15,18,22-23,29-53H2,1-3H3,(H,63,64)/b19-16-,20-17-,24-21-,27-25-,28-26-. The molecule has 0 radical (unpaired) electrons. The fraction of sp³-hybridized carbons (Fsp3) is 0.776. The molecule has 0 aromatic rings. The third kappa shape index (κ3) is 50.1. The average molecular weight is 1010 g/mol. The van der Waals surface area contributed by atoms with Crippen LogP contribution in [0.3, 0.4) is 0 Å². The molecule has 0 spiro atoms. The van der Waals surface area contributed by atoms with Crippen LogP contribution in [0.5, 0.6) is 0 Å². The van der Waals surface area contributed by atoms with Gasteiger partial charge in [-0.2, -0.15) is 0 Å². The fourth-order valence-corrected chi connectivity index (χ4v) is 8.31. The van der Waals surface area contributed by atoms with Crippen LogP contribution in [-0.4, -0.2) is 66.5 Å². The second-order valence-electron chi connectivity index (χ2n) is 18.7. The Kier molecular flexibility index (Phi) is 50.4. The first kappa shape index (κ1) is 67.2. The lowest BCUT2D eigenvalue weighted by Gasteiger charge is -2.21. The maximum Gasteiger partial charge on any atom is 0.472 e. The van der Waals surface area contributed by atoms with Crippen LogP contribution in [0.2, 0.25) is 0 Å². The molecule has 406 valence electrons. The number of hydrogen-bond acceptors (Lipinski definition) is 10. The van der Waals surface area contributed by atoms with Crippen LogP contribution in [0.25, 0.3) is 0 Å². The molecule has 3 unspecified atom stereocenters. The van der Waals surface area contributed by atoms with Crippen LogP contribution >= 0.6 is 7.82 Å². The van der Waals surface area contributed by atoms with Gasteiger partial charge in [0.2, 0.25) is 0 Å². The molecule has 0 aliphatic heterocycles. The number of aliphatic hydroxyl groups excluding tert-OH is 1. The van der Waals surface area contributed by atoms with Gasteiger partial charge in [-0.15, -0.1) is 0 Å². The number of esters is 3. The number of ether oxygens (including phenoxy) is 3. The summed E-state index contributed by atoms with van der Waals surface area (Å²) in [6, 6.07) is 0. The second kappa shape index (κ2) is 52.5. The Labute approximate surface area is 427 Å². The molecular weight excluding hydrogens is 904 g/mol. The Hall–Kier alpha value is -2.82. The fourth-order valence-electron chi connectivity index (χ4n) is 7.53. The molecule has 0 aliphatic carbocycles. The van der Waals surface area contributed by atoms with Crippen LogP contribution < -0.4 is 0 Å². The number of hydrogen-bond donors (Lipinski definition) is 2. The smallest absolute Gasteiger partial charge is 0.462 e. The molecule has 70 heavy (non-hydrogen) atoms. The monoisotopic (exact) mass is 1010 g/mol. The van der Waals surface area contributed by atoms with Crippen molar-refractivity contribution in [2.75, 3.05) is 26.4 Å². The second-order valence-corrected chi connectivity index (χ2v) is 20.2. The number of allylic oxidation sites excluding steroid dienone is 10. The van der Waals surface area contributed by atoms with Gasteiger partial charge < -0.3 is 24.2 Å². The van der Waals surface area contributed by atoms with Crippen molar-refractivity contribution in [3.63, 3.8) is 0 Å². The van der Waals surface area contributed by atoms with Crippen molar-refractivity contribution in [2.45, 2.75) is 264 Å². The minimum atomic E-state index is -4.75. The van der Waals surface area contributed by atoms with E-state index in [1.807, 2.05) is 0 Å². The zero-order valence-electron chi connectivity index (χ0n) is 44.7. The van der Waals surface area contributed by atoms with Crippen molar-refractivity contribution < 1.29 is 52.2 Å². The molecule has 3 atom stereocenters. The molecule has 0 saturated carbocycles. The number of phosphoric ester groups is 1. The van der Waals surface area contributed by atoms with Gasteiger partial charge in [0, 0.05) is 19.3 Å². The van der Waals surface area contributed by atoms with Gasteiger partial charge in [-0.25, -0.2) is 4.57 Å². The van der Waals surface area contributed by atoms with Crippen molar-refractivity contribution in [1.29, 1.82) is 0 Å². The lowest BCUT2D eigenvalue weighted by atomic mass is 10.1. The van der Waals surface area contributed by atoms with Gasteiger partial charge in [0.15, 0.2) is 6.10 Å². The molecule has 0 rings (SSSR count). The summed E-state index contributed by atoms with van der Waals surface area (Å²) in [5, 5.41) is 9.79. The third-order valence-electron chi connectivity index (χ3n) is 11.9. The average Bonchev–Trinajstić information content (AvgIpc) is 3.35. The first-order chi connectivity index (χ1) is 34.2. The number of carbonyl (C=O) groups excluding carboxylic acids is 3. The molecule has 2 N–H and O–H groups in total. The Bertz CT molecular complexity index is 1410. The molecule has 12 heteroatoms. The SMILES string of the molecule is CCCCC/C=C\C/C=C\CCCCCCCC(=O)OCC(COP(=O)(O)OCC(CO)OC(=O)CCCCCCC/C=C\CCCCCC)OC(=O)CCCCCCC/C=C\C/C=C\CCCCC. The largest absolute Gasteiger partial charge is 0.472 e. The number of aliphatic hydroxyl groups is 1. The Morgan fingerprint density at radius 2 is 0.700 bits per heavy atom. The Morgan fingerprint density at radius 3 is 1.10 bits per heavy atom. The van der Waals surface area contributed by atoms with E-state index in [9.17, 15) is 28.9 Å². The van der Waals surface area contributed by atoms with Gasteiger partial charge in [0.1, 0.15) is 12.7 Å². The maximum absolute atomic E-state index is 12.9. The summed E-state index contributed by atoms with van der Waals surface area (Å²) in [7, 11) is -4.75. The quantitative estimate of drug-likeness (QED) is 0.0197. The van der Waals surface area contributed by atoms with Crippen molar-refractivity contribution >= 4 is 25.7 Å². The van der Waals surface area contributed by atoms with E-state index < -0.39 is 57.8 Å². The first-order valence-electron chi connectivity index (χ1n) is 28.2. The summed E-state index contributed by atoms with van der Waals surface area (Å²) >= 11 is 0. The highest BCUT2D eigenvalue weighted by atomic mass is 31.2. The predicted molar refractivity (Wildman–Crippen MR) is 288 cm³/mol. The highest BCUT2D eigenvalue weighted by Gasteiger charge is 2.28. The van der Waals surface area contributed by atoms with Crippen molar-refractivity contribution in [3.8, 4) is 0 Å². The topological polar surface area (TPSA) is 155 Å². The molecule has 0 aliphatic rings. The van der Waals surface area contributed by atoms with E-state index in [-0.39, 0.29) is 25.9 Å². The molecular formula is C58H103O11P. The third-order valence-corrected chi connectivity index (χ3v) is 12.8. The zero-order chi connectivity index (χ0) is 51.3. The molecule has 0 heterocycles. The lowest BCUT2D eigenvalue weighted by molar-refractivity contribution is -0.161. The van der Waals surface area contributed by atoms with Gasteiger partial charge in [-0.05, 0) is 109 Å². The van der Waals surface area contributed by atoms with E-state index in [2.05, 4.69) is 81.5 Å². The zero-order valence-corrected chi connectivity index (χ0v) is 45.6. The normalized spacial score (nSPS) is 13.8. The number of rotatable bonds is 52. The molecule has 0 amide bonds. The number of carbonyl (C=O) groups is 3. The maximum atomic E-state index is 12.9. The van der Waals surface area contributed by atoms with E-state index in [0.717, 1.165) is 128 Å². The van der Waals surface area contributed by atoms with E-state index in [1.165, 1.54) is 64.2 Å². The highest BCUT2D eigenvalue weighted by Crippen LogP contribution is 2.43. The van der Waals surface area contributed by atoms with Crippen molar-refractivity contribution in [3.05, 3.63) is 60.8 Å². The van der Waals surface area contributed by atoms with Gasteiger partial charge in [0.05, 0.1) is 19.8 Å². The summed E-state index contributed by atoms with van der Waals surface area (Å²) in [4.78, 5) is 48.4. The summed E-state index contributed by atoms with van der Waals surface area (Å²) in [6.45, 7) is 4.54. The van der Waals surface area contributed by atoms with Crippen LogP contribution in [0.15, 0.2) is 60.8 Å². The first-order valence-corrected chi connectivity index (χ1v) is 29.7. The van der Waals surface area contributed by atoms with Gasteiger partial charge in [-0.1, -0.05) is 184 Å². The molecule has 0 bridgehead atoms. The van der Waals surface area contributed by atoms with Crippen molar-refractivity contribution in [2.24, 2.45) is 0 Å². The highest BCUT2D eigenvalue weighted by molar-refractivity contribution is 7.47. The Balaban J connectivity index is 4.78. The van der Waals surface area contributed by atoms with Crippen LogP contribution in [-0.2, 0) is 42.2 Å². The van der Waals surface area contributed by atoms with E-state index >= 15 is 0 Å². The van der Waals surface area contributed by atoms with E-state index in [4.69, 9.17) is 23.3 Å². The molecule has 0 saturated heterocycles. The van der Waals surface area contributed by atoms with Crippen LogP contribution in [0.1, 0.15) is 252 Å². The summed E-state index contributed by atoms with van der Waals surface area (Å²) in [5.74, 6) is -1.50. The van der Waals surface area contributed by atoms with E-state index in [0.29, 0.717) is 19.3 Å². The van der Waals surface area contributed by atoms with E-state index in [1.54, 1.807) is 0 Å². The summed E-state index contributed by atoms with van der Waals surface area (Å²) < 4.78 is 39.4. The minimum Gasteiger partial charge on any atom is -0.462 e. The number of unbranched alkanes of at least 4 members (excludes halogenated alkanes) is 25. The van der Waals surface area contributed by atoms with Gasteiger partial charge in [-0.3, -0.25) is 23.4 Å². The molecule has 0 aromatic heterocycles. The summed E-state index contributed by atoms with van der Waals surface area (Å²) in [6.07, 6.45) is 56.0. The molecule has 0 aromatic carbocycles. The lowest BCUT2D eigenvalue weighted by Crippen LogP contribution is -2.30. The molecule has 11 nitrogen and oxygen atoms in total. The van der Waals surface area contributed by atoms with Gasteiger partial charge in [0.25, 0.3) is 0 Å². The number of phosphoric acid groups is 1. The van der Waals surface area contributed by atoms with Crippen LogP contribution in [0, 0.1) is 0 Å².